The number of rotatable bonds is 4. The van der Waals surface area contributed by atoms with Gasteiger partial charge in [-0.3, -0.25) is 10.1 Å². The van der Waals surface area contributed by atoms with Crippen molar-refractivity contribution < 1.29 is 4.79 Å². The van der Waals surface area contributed by atoms with Crippen LogP contribution >= 0.6 is 11.3 Å². The summed E-state index contributed by atoms with van der Waals surface area (Å²) < 4.78 is 1.88. The molecule has 21 heavy (non-hydrogen) atoms. The summed E-state index contributed by atoms with van der Waals surface area (Å²) in [5.41, 5.74) is 7.92. The molecular weight excluding hydrogens is 284 g/mol. The zero-order valence-corrected chi connectivity index (χ0v) is 13.8. The van der Waals surface area contributed by atoms with Crippen molar-refractivity contribution in [1.29, 1.82) is 0 Å². The molecule has 0 fully saturated rings. The van der Waals surface area contributed by atoms with E-state index in [0.29, 0.717) is 16.5 Å². The predicted octanol–water partition coefficient (Wildman–Crippen LogP) is 3.49. The van der Waals surface area contributed by atoms with Gasteiger partial charge in [-0.15, -0.1) is 11.3 Å². The Bertz CT molecular complexity index is 636. The number of anilines is 2. The number of nitrogens with one attached hydrogen (secondary N) is 1. The summed E-state index contributed by atoms with van der Waals surface area (Å²) in [4.78, 5) is 16.8. The molecule has 0 bridgehead atoms. The molecule has 0 atom stereocenters. The number of aryl methyl sites for hydroxylation is 1. The van der Waals surface area contributed by atoms with Crippen LogP contribution in [-0.4, -0.2) is 15.5 Å². The van der Waals surface area contributed by atoms with E-state index in [2.05, 4.69) is 38.0 Å². The van der Waals surface area contributed by atoms with Gasteiger partial charge in [-0.1, -0.05) is 27.7 Å². The summed E-state index contributed by atoms with van der Waals surface area (Å²) in [6.07, 6.45) is 2.74. The minimum Gasteiger partial charge on any atom is -0.397 e. The highest BCUT2D eigenvalue weighted by atomic mass is 32.1. The van der Waals surface area contributed by atoms with Crippen LogP contribution in [-0.2, 0) is 12.0 Å². The molecule has 0 saturated heterocycles. The van der Waals surface area contributed by atoms with Crippen molar-refractivity contribution in [3.8, 4) is 0 Å². The molecule has 0 spiro atoms. The second-order valence-corrected chi connectivity index (χ2v) is 6.95. The van der Waals surface area contributed by atoms with Gasteiger partial charge >= 0.3 is 0 Å². The number of carbonyl (C=O) groups excluding carboxylic acids is 1. The number of hydrogen-bond acceptors (Lipinski definition) is 4. The number of amides is 1. The fourth-order valence-corrected chi connectivity index (χ4v) is 2.92. The fraction of sp³-hybridized carbons (Fsp3) is 0.467. The molecule has 6 heteroatoms. The highest BCUT2D eigenvalue weighted by molar-refractivity contribution is 7.14. The van der Waals surface area contributed by atoms with E-state index in [1.165, 1.54) is 11.3 Å². The number of thiazole rings is 1. The second kappa shape index (κ2) is 5.89. The van der Waals surface area contributed by atoms with Gasteiger partial charge in [-0.05, 0) is 12.5 Å². The second-order valence-electron chi connectivity index (χ2n) is 6.09. The van der Waals surface area contributed by atoms with Crippen LogP contribution in [0.25, 0.3) is 0 Å². The highest BCUT2D eigenvalue weighted by Gasteiger charge is 2.19. The van der Waals surface area contributed by atoms with Crippen LogP contribution in [0.1, 0.15) is 50.3 Å². The third-order valence-corrected chi connectivity index (χ3v) is 3.87. The van der Waals surface area contributed by atoms with E-state index < -0.39 is 0 Å². The number of nitrogen functional groups attached to an aromatic ring is 1. The van der Waals surface area contributed by atoms with Crippen molar-refractivity contribution in [2.24, 2.45) is 0 Å². The van der Waals surface area contributed by atoms with Crippen LogP contribution in [0.15, 0.2) is 17.6 Å². The lowest BCUT2D eigenvalue weighted by atomic mass is 9.93. The van der Waals surface area contributed by atoms with E-state index >= 15 is 0 Å². The van der Waals surface area contributed by atoms with Gasteiger partial charge in [0.15, 0.2) is 5.13 Å². The van der Waals surface area contributed by atoms with Gasteiger partial charge in [0.25, 0.3) is 5.91 Å². The molecule has 3 N–H and O–H groups in total. The van der Waals surface area contributed by atoms with Crippen LogP contribution in [0.4, 0.5) is 10.8 Å². The molecule has 0 radical (unpaired) electrons. The molecule has 0 aliphatic rings. The predicted molar refractivity (Wildman–Crippen MR) is 87.9 cm³/mol. The lowest BCUT2D eigenvalue weighted by molar-refractivity contribution is 0.101. The molecule has 0 aromatic carbocycles. The Morgan fingerprint density at radius 3 is 2.76 bits per heavy atom. The third-order valence-electron chi connectivity index (χ3n) is 3.11. The Balaban J connectivity index is 2.16. The molecule has 2 aromatic heterocycles. The molecule has 114 valence electrons. The number of aromatic nitrogens is 2. The average Bonchev–Trinajstić information content (AvgIpc) is 2.96. The third kappa shape index (κ3) is 3.64. The lowest BCUT2D eigenvalue weighted by Gasteiger charge is -2.14. The molecule has 5 nitrogen and oxygen atoms in total. The number of nitrogens with zero attached hydrogens (tertiary/aromatic N) is 2. The zero-order valence-electron chi connectivity index (χ0n) is 12.9. The number of nitrogens with two attached hydrogens (primary N) is 1. The summed E-state index contributed by atoms with van der Waals surface area (Å²) in [6.45, 7) is 9.13. The largest absolute Gasteiger partial charge is 0.397 e. The summed E-state index contributed by atoms with van der Waals surface area (Å²) in [6, 6.07) is 1.70. The molecule has 1 amide bonds. The van der Waals surface area contributed by atoms with Crippen molar-refractivity contribution in [1.82, 2.24) is 9.55 Å². The molecule has 2 rings (SSSR count). The molecule has 0 unspecified atom stereocenters. The first-order valence-electron chi connectivity index (χ1n) is 7.04. The Morgan fingerprint density at radius 2 is 2.19 bits per heavy atom. The molecule has 0 aliphatic heterocycles. The normalized spacial score (nSPS) is 11.6. The Morgan fingerprint density at radius 1 is 1.48 bits per heavy atom. The van der Waals surface area contributed by atoms with E-state index in [4.69, 9.17) is 5.73 Å². The van der Waals surface area contributed by atoms with Gasteiger partial charge in [-0.2, -0.15) is 0 Å². The van der Waals surface area contributed by atoms with E-state index in [-0.39, 0.29) is 11.3 Å². The van der Waals surface area contributed by atoms with Crippen molar-refractivity contribution in [2.45, 2.75) is 46.1 Å². The smallest absolute Gasteiger partial charge is 0.274 e. The first-order chi connectivity index (χ1) is 9.81. The Kier molecular flexibility index (Phi) is 4.37. The monoisotopic (exact) mass is 306 g/mol. The zero-order chi connectivity index (χ0) is 15.6. The van der Waals surface area contributed by atoms with Crippen LogP contribution < -0.4 is 11.1 Å². The van der Waals surface area contributed by atoms with Gasteiger partial charge in [0, 0.05) is 23.5 Å². The van der Waals surface area contributed by atoms with E-state index in [1.807, 2.05) is 9.95 Å². The topological polar surface area (TPSA) is 72.9 Å². The van der Waals surface area contributed by atoms with Crippen LogP contribution in [0.2, 0.25) is 0 Å². The molecule has 0 aliphatic carbocycles. The molecule has 2 aromatic rings. The van der Waals surface area contributed by atoms with E-state index in [0.717, 1.165) is 18.7 Å². The number of carbonyl (C=O) groups is 1. The van der Waals surface area contributed by atoms with E-state index in [1.54, 1.807) is 12.3 Å². The summed E-state index contributed by atoms with van der Waals surface area (Å²) in [5.74, 6) is -0.171. The van der Waals surface area contributed by atoms with Crippen molar-refractivity contribution in [2.75, 3.05) is 11.1 Å². The first-order valence-corrected chi connectivity index (χ1v) is 7.92. The summed E-state index contributed by atoms with van der Waals surface area (Å²) in [5, 5.41) is 5.45. The van der Waals surface area contributed by atoms with Crippen LogP contribution in [0.5, 0.6) is 0 Å². The first kappa shape index (κ1) is 15.6. The Labute approximate surface area is 129 Å². The maximum atomic E-state index is 12.4. The van der Waals surface area contributed by atoms with Gasteiger partial charge in [0.05, 0.1) is 11.4 Å². The minimum absolute atomic E-state index is 0.0215. The lowest BCUT2D eigenvalue weighted by Crippen LogP contribution is -2.17. The van der Waals surface area contributed by atoms with Crippen molar-refractivity contribution >= 4 is 28.1 Å². The van der Waals surface area contributed by atoms with Gasteiger partial charge in [0.1, 0.15) is 5.69 Å². The quantitative estimate of drug-likeness (QED) is 0.908. The van der Waals surface area contributed by atoms with Gasteiger partial charge in [0.2, 0.25) is 0 Å². The molecular formula is C15H22N4OS. The van der Waals surface area contributed by atoms with Crippen LogP contribution in [0, 0.1) is 0 Å². The highest BCUT2D eigenvalue weighted by Crippen LogP contribution is 2.26. The van der Waals surface area contributed by atoms with Gasteiger partial charge in [-0.25, -0.2) is 4.98 Å². The summed E-state index contributed by atoms with van der Waals surface area (Å²) in [7, 11) is 0. The van der Waals surface area contributed by atoms with Crippen LogP contribution in [0.3, 0.4) is 0 Å². The van der Waals surface area contributed by atoms with Gasteiger partial charge < -0.3 is 10.3 Å². The maximum absolute atomic E-state index is 12.4. The standard InChI is InChI=1S/C15H22N4OS/c1-5-6-19-8-10(16)7-11(19)13(20)18-14-17-12(9-21-14)15(2,3)4/h7-9H,5-6,16H2,1-4H3,(H,17,18,20). The van der Waals surface area contributed by atoms with Crippen molar-refractivity contribution in [3.63, 3.8) is 0 Å². The minimum atomic E-state index is -0.171. The Hall–Kier alpha value is -1.82. The van der Waals surface area contributed by atoms with Crippen molar-refractivity contribution in [3.05, 3.63) is 29.0 Å². The number of hydrogen-bond donors (Lipinski definition) is 2. The molecule has 2 heterocycles. The average molecular weight is 306 g/mol. The summed E-state index contributed by atoms with van der Waals surface area (Å²) >= 11 is 1.44. The molecule has 0 saturated carbocycles. The maximum Gasteiger partial charge on any atom is 0.274 e. The SMILES string of the molecule is CCCn1cc(N)cc1C(=O)Nc1nc(C(C)(C)C)cs1. The van der Waals surface area contributed by atoms with E-state index in [9.17, 15) is 4.79 Å². The fourth-order valence-electron chi connectivity index (χ4n) is 1.99.